The molecule has 2 rings (SSSR count). The molecule has 1 aromatic carbocycles. The molecule has 0 aliphatic rings. The lowest BCUT2D eigenvalue weighted by Gasteiger charge is -2.15. The van der Waals surface area contributed by atoms with E-state index in [1.165, 1.54) is 5.56 Å². The molecular weight excluding hydrogens is 286 g/mol. The van der Waals surface area contributed by atoms with Crippen LogP contribution in [0, 0.1) is 11.8 Å². The van der Waals surface area contributed by atoms with Gasteiger partial charge in [-0.15, -0.1) is 0 Å². The molecule has 2 atom stereocenters. The van der Waals surface area contributed by atoms with Crippen LogP contribution in [-0.4, -0.2) is 22.2 Å². The summed E-state index contributed by atoms with van der Waals surface area (Å²) in [6.07, 6.45) is 6.40. The van der Waals surface area contributed by atoms with Crippen molar-refractivity contribution in [3.63, 3.8) is 0 Å². The van der Waals surface area contributed by atoms with Gasteiger partial charge < -0.3 is 5.32 Å². The third-order valence-electron chi connectivity index (χ3n) is 4.01. The number of carbonyl (C=O) groups is 1. The minimum absolute atomic E-state index is 0.151. The summed E-state index contributed by atoms with van der Waals surface area (Å²) < 4.78 is 1.90. The Morgan fingerprint density at radius 2 is 1.96 bits per heavy atom. The Kier molecular flexibility index (Phi) is 6.85. The topological polar surface area (TPSA) is 46.9 Å². The Labute approximate surface area is 138 Å². The van der Waals surface area contributed by atoms with Gasteiger partial charge >= 0.3 is 0 Å². The first-order valence-corrected chi connectivity index (χ1v) is 8.41. The molecule has 4 nitrogen and oxygen atoms in total. The van der Waals surface area contributed by atoms with Crippen molar-refractivity contribution in [1.82, 2.24) is 15.1 Å². The van der Waals surface area contributed by atoms with Crippen molar-refractivity contribution in [2.45, 2.75) is 39.7 Å². The number of benzene rings is 1. The van der Waals surface area contributed by atoms with Gasteiger partial charge in [0.2, 0.25) is 5.91 Å². The molecule has 2 aromatic rings. The molecule has 1 aromatic heterocycles. The van der Waals surface area contributed by atoms with Crippen molar-refractivity contribution in [3.8, 4) is 0 Å². The van der Waals surface area contributed by atoms with Crippen molar-refractivity contribution in [2.75, 3.05) is 6.54 Å². The number of aromatic nitrogens is 2. The van der Waals surface area contributed by atoms with Crippen LogP contribution in [0.4, 0.5) is 0 Å². The largest absolute Gasteiger partial charge is 0.356 e. The Morgan fingerprint density at radius 1 is 1.17 bits per heavy atom. The maximum absolute atomic E-state index is 12.0. The molecule has 4 heteroatoms. The molecule has 23 heavy (non-hydrogen) atoms. The molecule has 124 valence electrons. The Balaban J connectivity index is 1.61. The van der Waals surface area contributed by atoms with Gasteiger partial charge in [-0.1, -0.05) is 44.2 Å². The Bertz CT molecular complexity index is 566. The summed E-state index contributed by atoms with van der Waals surface area (Å²) in [6, 6.07) is 12.4. The van der Waals surface area contributed by atoms with Gasteiger partial charge in [0.25, 0.3) is 0 Å². The third-order valence-corrected chi connectivity index (χ3v) is 4.01. The highest BCUT2D eigenvalue weighted by molar-refractivity contribution is 5.76. The van der Waals surface area contributed by atoms with E-state index in [1.807, 2.05) is 23.0 Å². The number of hydrogen-bond donors (Lipinski definition) is 1. The fourth-order valence-corrected chi connectivity index (χ4v) is 2.63. The van der Waals surface area contributed by atoms with Crippen molar-refractivity contribution in [1.29, 1.82) is 0 Å². The van der Waals surface area contributed by atoms with Crippen LogP contribution in [0.2, 0.25) is 0 Å². The van der Waals surface area contributed by atoms with E-state index >= 15 is 0 Å². The molecule has 2 unspecified atom stereocenters. The zero-order chi connectivity index (χ0) is 16.5. The average molecular weight is 313 g/mol. The van der Waals surface area contributed by atoms with Crippen molar-refractivity contribution in [2.24, 2.45) is 11.8 Å². The van der Waals surface area contributed by atoms with Crippen molar-refractivity contribution in [3.05, 3.63) is 54.4 Å². The van der Waals surface area contributed by atoms with Gasteiger partial charge in [-0.25, -0.2) is 0 Å². The smallest absolute Gasteiger partial charge is 0.220 e. The molecule has 1 N–H and O–H groups in total. The summed E-state index contributed by atoms with van der Waals surface area (Å²) in [7, 11) is 0. The molecule has 0 saturated carbocycles. The molecule has 0 saturated heterocycles. The molecule has 0 bridgehead atoms. The van der Waals surface area contributed by atoms with E-state index in [2.05, 4.69) is 48.5 Å². The molecule has 0 radical (unpaired) electrons. The van der Waals surface area contributed by atoms with E-state index in [-0.39, 0.29) is 5.91 Å². The molecule has 1 amide bonds. The van der Waals surface area contributed by atoms with Crippen LogP contribution >= 0.6 is 0 Å². The van der Waals surface area contributed by atoms with Crippen molar-refractivity contribution >= 4 is 5.91 Å². The number of hydrogen-bond acceptors (Lipinski definition) is 2. The lowest BCUT2D eigenvalue weighted by molar-refractivity contribution is -0.122. The van der Waals surface area contributed by atoms with Gasteiger partial charge in [0.1, 0.15) is 0 Å². The van der Waals surface area contributed by atoms with Crippen LogP contribution < -0.4 is 5.32 Å². The first kappa shape index (κ1) is 17.3. The standard InChI is InChI=1S/C19H27N3O/c1-16(9-10-18-7-4-3-5-8-18)13-19(23)20-14-17(2)15-22-12-6-11-21-22/h3-8,11-12,16-17H,9-10,13-15H2,1-2H3,(H,20,23). The second kappa shape index (κ2) is 9.13. The monoisotopic (exact) mass is 313 g/mol. The SMILES string of the molecule is CC(CCc1ccccc1)CC(=O)NCC(C)Cn1cccn1. The number of nitrogens with one attached hydrogen (secondary N) is 1. The second-order valence-electron chi connectivity index (χ2n) is 6.47. The maximum Gasteiger partial charge on any atom is 0.220 e. The average Bonchev–Trinajstić information content (AvgIpc) is 3.05. The molecule has 0 aliphatic carbocycles. The number of carbonyl (C=O) groups excluding carboxylic acids is 1. The fourth-order valence-electron chi connectivity index (χ4n) is 2.63. The van der Waals surface area contributed by atoms with E-state index in [0.717, 1.165) is 19.4 Å². The van der Waals surface area contributed by atoms with E-state index in [0.29, 0.717) is 24.8 Å². The summed E-state index contributed by atoms with van der Waals surface area (Å²) in [4.78, 5) is 12.0. The number of aryl methyl sites for hydroxylation is 1. The van der Waals surface area contributed by atoms with Crippen LogP contribution in [0.5, 0.6) is 0 Å². The highest BCUT2D eigenvalue weighted by Gasteiger charge is 2.11. The van der Waals surface area contributed by atoms with Crippen LogP contribution in [0.25, 0.3) is 0 Å². The molecular formula is C19H27N3O. The van der Waals surface area contributed by atoms with E-state index in [1.54, 1.807) is 6.20 Å². The lowest BCUT2D eigenvalue weighted by atomic mass is 9.98. The van der Waals surface area contributed by atoms with E-state index in [4.69, 9.17) is 0 Å². The summed E-state index contributed by atoms with van der Waals surface area (Å²) in [5.74, 6) is 0.924. The quantitative estimate of drug-likeness (QED) is 0.772. The van der Waals surface area contributed by atoms with Crippen LogP contribution in [0.1, 0.15) is 32.3 Å². The lowest BCUT2D eigenvalue weighted by Crippen LogP contribution is -2.31. The summed E-state index contributed by atoms with van der Waals surface area (Å²) in [6.45, 7) is 5.80. The van der Waals surface area contributed by atoms with Gasteiger partial charge in [0.05, 0.1) is 0 Å². The minimum Gasteiger partial charge on any atom is -0.356 e. The van der Waals surface area contributed by atoms with Crippen LogP contribution in [0.3, 0.4) is 0 Å². The zero-order valence-electron chi connectivity index (χ0n) is 14.1. The van der Waals surface area contributed by atoms with E-state index in [9.17, 15) is 4.79 Å². The van der Waals surface area contributed by atoms with Gasteiger partial charge in [0, 0.05) is 31.9 Å². The Hall–Kier alpha value is -2.10. The second-order valence-corrected chi connectivity index (χ2v) is 6.47. The summed E-state index contributed by atoms with van der Waals surface area (Å²) in [5, 5.41) is 7.23. The van der Waals surface area contributed by atoms with Gasteiger partial charge in [0.15, 0.2) is 0 Å². The first-order valence-electron chi connectivity index (χ1n) is 8.41. The zero-order valence-corrected chi connectivity index (χ0v) is 14.1. The molecule has 1 heterocycles. The molecule has 0 fully saturated rings. The van der Waals surface area contributed by atoms with Gasteiger partial charge in [-0.05, 0) is 36.3 Å². The fraction of sp³-hybridized carbons (Fsp3) is 0.474. The number of rotatable bonds is 9. The Morgan fingerprint density at radius 3 is 2.65 bits per heavy atom. The van der Waals surface area contributed by atoms with Crippen LogP contribution in [0.15, 0.2) is 48.8 Å². The van der Waals surface area contributed by atoms with Gasteiger partial charge in [-0.3, -0.25) is 9.48 Å². The predicted molar refractivity (Wildman–Crippen MR) is 92.9 cm³/mol. The number of nitrogens with zero attached hydrogens (tertiary/aromatic N) is 2. The molecule has 0 aliphatic heterocycles. The summed E-state index contributed by atoms with van der Waals surface area (Å²) in [5.41, 5.74) is 1.34. The summed E-state index contributed by atoms with van der Waals surface area (Å²) >= 11 is 0. The highest BCUT2D eigenvalue weighted by Crippen LogP contribution is 2.12. The third kappa shape index (κ3) is 6.68. The van der Waals surface area contributed by atoms with Crippen molar-refractivity contribution < 1.29 is 4.79 Å². The minimum atomic E-state index is 0.151. The molecule has 0 spiro atoms. The maximum atomic E-state index is 12.0. The predicted octanol–water partition coefficient (Wildman–Crippen LogP) is 3.29. The normalized spacial score (nSPS) is 13.5. The highest BCUT2D eigenvalue weighted by atomic mass is 16.1. The van der Waals surface area contributed by atoms with Gasteiger partial charge in [-0.2, -0.15) is 5.10 Å². The first-order chi connectivity index (χ1) is 11.1. The van der Waals surface area contributed by atoms with E-state index < -0.39 is 0 Å². The van der Waals surface area contributed by atoms with Crippen LogP contribution in [-0.2, 0) is 17.8 Å². The number of amides is 1.